The summed E-state index contributed by atoms with van der Waals surface area (Å²) in [6.45, 7) is 0. The zero-order valence-electron chi connectivity index (χ0n) is 9.55. The van der Waals surface area contributed by atoms with Crippen molar-refractivity contribution < 1.29 is 0 Å². The number of nitroso groups, excluding NO2 is 1. The predicted octanol–water partition coefficient (Wildman–Crippen LogP) is 3.82. The molecular formula is C14H11N3O. The Labute approximate surface area is 103 Å². The lowest BCUT2D eigenvalue weighted by atomic mass is 10.1. The molecule has 1 aromatic heterocycles. The van der Waals surface area contributed by atoms with E-state index in [0.717, 1.165) is 16.5 Å². The second kappa shape index (κ2) is 4.00. The van der Waals surface area contributed by atoms with Gasteiger partial charge >= 0.3 is 0 Å². The van der Waals surface area contributed by atoms with Crippen molar-refractivity contribution in [1.82, 2.24) is 4.98 Å². The zero-order chi connectivity index (χ0) is 12.5. The minimum Gasteiger partial charge on any atom is -0.398 e. The summed E-state index contributed by atoms with van der Waals surface area (Å²) in [7, 11) is 0. The molecule has 2 aromatic carbocycles. The van der Waals surface area contributed by atoms with E-state index >= 15 is 0 Å². The summed E-state index contributed by atoms with van der Waals surface area (Å²) in [5, 5.41) is 3.95. The number of nitrogens with one attached hydrogen (secondary N) is 1. The maximum atomic E-state index is 11.1. The molecule has 0 aliphatic rings. The van der Waals surface area contributed by atoms with Crippen LogP contribution in [-0.2, 0) is 0 Å². The molecule has 0 fully saturated rings. The minimum atomic E-state index is 0.406. The third-order valence-electron chi connectivity index (χ3n) is 3.00. The average Bonchev–Trinajstić information content (AvgIpc) is 2.77. The fourth-order valence-corrected chi connectivity index (χ4v) is 2.14. The van der Waals surface area contributed by atoms with Gasteiger partial charge < -0.3 is 10.7 Å². The Hall–Kier alpha value is -2.62. The summed E-state index contributed by atoms with van der Waals surface area (Å²) in [6.07, 6.45) is 0. The first kappa shape index (κ1) is 10.5. The number of rotatable bonds is 2. The Morgan fingerprint density at radius 2 is 1.72 bits per heavy atom. The van der Waals surface area contributed by atoms with E-state index in [1.54, 1.807) is 6.07 Å². The largest absolute Gasteiger partial charge is 0.398 e. The maximum Gasteiger partial charge on any atom is 0.141 e. The SMILES string of the molecule is Nc1ccccc1-c1[nH]c2ccccc2c1N=O. The lowest BCUT2D eigenvalue weighted by molar-refractivity contribution is 1.42. The number of fused-ring (bicyclic) bond motifs is 1. The summed E-state index contributed by atoms with van der Waals surface area (Å²) >= 11 is 0. The molecule has 0 spiro atoms. The summed E-state index contributed by atoms with van der Waals surface area (Å²) < 4.78 is 0. The molecular weight excluding hydrogens is 226 g/mol. The van der Waals surface area contributed by atoms with Crippen molar-refractivity contribution in [3.63, 3.8) is 0 Å². The first-order valence-corrected chi connectivity index (χ1v) is 5.60. The highest BCUT2D eigenvalue weighted by molar-refractivity contribution is 6.01. The Balaban J connectivity index is 2.36. The Kier molecular flexibility index (Phi) is 2.34. The first-order valence-electron chi connectivity index (χ1n) is 5.60. The molecule has 4 heteroatoms. The highest BCUT2D eigenvalue weighted by Crippen LogP contribution is 2.38. The van der Waals surface area contributed by atoms with E-state index in [9.17, 15) is 4.91 Å². The second-order valence-electron chi connectivity index (χ2n) is 4.07. The Morgan fingerprint density at radius 3 is 2.50 bits per heavy atom. The van der Waals surface area contributed by atoms with Crippen LogP contribution in [0.4, 0.5) is 11.4 Å². The van der Waals surface area contributed by atoms with E-state index in [1.165, 1.54) is 0 Å². The summed E-state index contributed by atoms with van der Waals surface area (Å²) in [6, 6.07) is 15.0. The zero-order valence-corrected chi connectivity index (χ0v) is 9.55. The monoisotopic (exact) mass is 237 g/mol. The van der Waals surface area contributed by atoms with Gasteiger partial charge in [-0.25, -0.2) is 0 Å². The van der Waals surface area contributed by atoms with Gasteiger partial charge in [0.05, 0.1) is 5.69 Å². The minimum absolute atomic E-state index is 0.406. The van der Waals surface area contributed by atoms with Gasteiger partial charge in [-0.2, -0.15) is 0 Å². The van der Waals surface area contributed by atoms with Crippen LogP contribution in [0.25, 0.3) is 22.2 Å². The van der Waals surface area contributed by atoms with Gasteiger partial charge in [0.25, 0.3) is 0 Å². The highest BCUT2D eigenvalue weighted by atomic mass is 16.3. The van der Waals surface area contributed by atoms with E-state index in [1.807, 2.05) is 42.5 Å². The molecule has 1 heterocycles. The van der Waals surface area contributed by atoms with Gasteiger partial charge in [0.15, 0.2) is 0 Å². The fraction of sp³-hybridized carbons (Fsp3) is 0. The van der Waals surface area contributed by atoms with Gasteiger partial charge in [0, 0.05) is 22.2 Å². The molecule has 3 N–H and O–H groups in total. The van der Waals surface area contributed by atoms with E-state index in [-0.39, 0.29) is 0 Å². The lowest BCUT2D eigenvalue weighted by Gasteiger charge is -2.02. The van der Waals surface area contributed by atoms with Crippen molar-refractivity contribution in [2.24, 2.45) is 5.18 Å². The fourth-order valence-electron chi connectivity index (χ4n) is 2.14. The van der Waals surface area contributed by atoms with Crippen LogP contribution in [0, 0.1) is 4.91 Å². The van der Waals surface area contributed by atoms with Crippen LogP contribution in [0.5, 0.6) is 0 Å². The maximum absolute atomic E-state index is 11.1. The summed E-state index contributed by atoms with van der Waals surface area (Å²) in [4.78, 5) is 14.3. The van der Waals surface area contributed by atoms with E-state index in [4.69, 9.17) is 5.73 Å². The van der Waals surface area contributed by atoms with Crippen molar-refractivity contribution in [3.05, 3.63) is 53.4 Å². The number of hydrogen-bond acceptors (Lipinski definition) is 3. The summed E-state index contributed by atoms with van der Waals surface area (Å²) in [5.74, 6) is 0. The molecule has 4 nitrogen and oxygen atoms in total. The molecule has 18 heavy (non-hydrogen) atoms. The van der Waals surface area contributed by atoms with Crippen LogP contribution in [0.3, 0.4) is 0 Å². The molecule has 3 rings (SSSR count). The first-order chi connectivity index (χ1) is 8.81. The number of nitrogens with zero attached hydrogens (tertiary/aromatic N) is 1. The van der Waals surface area contributed by atoms with Gasteiger partial charge in [-0.05, 0) is 17.3 Å². The van der Waals surface area contributed by atoms with Crippen LogP contribution < -0.4 is 5.73 Å². The third kappa shape index (κ3) is 1.47. The molecule has 0 unspecified atom stereocenters. The van der Waals surface area contributed by atoms with Gasteiger partial charge in [0.2, 0.25) is 0 Å². The number of nitrogen functional groups attached to an aromatic ring is 1. The van der Waals surface area contributed by atoms with Crippen LogP contribution >= 0.6 is 0 Å². The molecule has 0 atom stereocenters. The van der Waals surface area contributed by atoms with Crippen molar-refractivity contribution in [2.75, 3.05) is 5.73 Å². The molecule has 0 saturated carbocycles. The molecule has 0 aliphatic heterocycles. The van der Waals surface area contributed by atoms with Crippen molar-refractivity contribution in [3.8, 4) is 11.3 Å². The number of nitrogens with two attached hydrogens (primary N) is 1. The lowest BCUT2D eigenvalue weighted by Crippen LogP contribution is -1.89. The number of benzene rings is 2. The third-order valence-corrected chi connectivity index (χ3v) is 3.00. The smallest absolute Gasteiger partial charge is 0.141 e. The normalized spacial score (nSPS) is 10.7. The van der Waals surface area contributed by atoms with Gasteiger partial charge in [-0.15, -0.1) is 4.91 Å². The van der Waals surface area contributed by atoms with Crippen LogP contribution in [0.15, 0.2) is 53.7 Å². The van der Waals surface area contributed by atoms with Crippen molar-refractivity contribution in [2.45, 2.75) is 0 Å². The number of aromatic nitrogens is 1. The Bertz CT molecular complexity index is 731. The molecule has 3 aromatic rings. The Morgan fingerprint density at radius 1 is 1.00 bits per heavy atom. The number of aromatic amines is 1. The molecule has 0 amide bonds. The van der Waals surface area contributed by atoms with Gasteiger partial charge in [-0.3, -0.25) is 0 Å². The molecule has 0 aliphatic carbocycles. The number of H-pyrrole nitrogens is 1. The van der Waals surface area contributed by atoms with Crippen LogP contribution in [0.1, 0.15) is 0 Å². The van der Waals surface area contributed by atoms with Gasteiger partial charge in [-0.1, -0.05) is 36.4 Å². The van der Waals surface area contributed by atoms with Gasteiger partial charge in [0.1, 0.15) is 5.69 Å². The number of para-hydroxylation sites is 2. The average molecular weight is 237 g/mol. The highest BCUT2D eigenvalue weighted by Gasteiger charge is 2.14. The van der Waals surface area contributed by atoms with E-state index in [2.05, 4.69) is 10.2 Å². The quantitative estimate of drug-likeness (QED) is 0.525. The standard InChI is InChI=1S/C14H11N3O/c15-11-7-3-1-5-9(11)13-14(17-18)10-6-2-4-8-12(10)16-13/h1-8,16H,15H2. The van der Waals surface area contributed by atoms with Crippen LogP contribution in [-0.4, -0.2) is 4.98 Å². The van der Waals surface area contributed by atoms with E-state index < -0.39 is 0 Å². The molecule has 0 radical (unpaired) electrons. The van der Waals surface area contributed by atoms with Crippen LogP contribution in [0.2, 0.25) is 0 Å². The molecule has 0 bridgehead atoms. The van der Waals surface area contributed by atoms with Crippen molar-refractivity contribution in [1.29, 1.82) is 0 Å². The van der Waals surface area contributed by atoms with E-state index in [0.29, 0.717) is 17.1 Å². The molecule has 0 saturated heterocycles. The molecule has 88 valence electrons. The number of anilines is 1. The predicted molar refractivity (Wildman–Crippen MR) is 73.6 cm³/mol. The number of hydrogen-bond donors (Lipinski definition) is 2. The summed E-state index contributed by atoms with van der Waals surface area (Å²) in [5.41, 5.74) is 9.31. The van der Waals surface area contributed by atoms with Crippen molar-refractivity contribution >= 4 is 22.3 Å². The topological polar surface area (TPSA) is 71.2 Å². The second-order valence-corrected chi connectivity index (χ2v) is 4.07.